The zero-order valence-electron chi connectivity index (χ0n) is 21.3. The first-order chi connectivity index (χ1) is 17.8. The molecule has 2 N–H and O–H groups in total. The molecule has 37 heavy (non-hydrogen) atoms. The molecular formula is C29H32FN5O2. The van der Waals surface area contributed by atoms with E-state index in [9.17, 15) is 14.0 Å². The summed E-state index contributed by atoms with van der Waals surface area (Å²) in [5.41, 5.74) is 8.17. The molecule has 0 spiro atoms. The number of pyridine rings is 1. The number of amides is 1. The van der Waals surface area contributed by atoms with Crippen LogP contribution in [-0.2, 0) is 6.54 Å². The molecule has 0 aliphatic carbocycles. The monoisotopic (exact) mass is 501 g/mol. The summed E-state index contributed by atoms with van der Waals surface area (Å²) in [5.74, 6) is -0.155. The minimum atomic E-state index is -1.44. The van der Waals surface area contributed by atoms with Crippen molar-refractivity contribution in [2.45, 2.75) is 39.5 Å². The Hall–Kier alpha value is -3.91. The minimum Gasteiger partial charge on any atom is -0.328 e. The maximum absolute atomic E-state index is 14.8. The second-order valence-corrected chi connectivity index (χ2v) is 9.59. The maximum Gasteiger partial charge on any atom is 0.261 e. The van der Waals surface area contributed by atoms with Crippen molar-refractivity contribution >= 4 is 16.8 Å². The molecule has 4 rings (SSSR count). The fourth-order valence-electron chi connectivity index (χ4n) is 4.50. The van der Waals surface area contributed by atoms with Gasteiger partial charge < -0.3 is 10.6 Å². The highest BCUT2D eigenvalue weighted by molar-refractivity contribution is 5.94. The molecule has 0 aliphatic rings. The average Bonchev–Trinajstić information content (AvgIpc) is 2.90. The molecule has 4 aromatic rings. The number of rotatable bonds is 9. The third kappa shape index (κ3) is 5.75. The Morgan fingerprint density at radius 2 is 1.78 bits per heavy atom. The summed E-state index contributed by atoms with van der Waals surface area (Å²) < 4.78 is 16.4. The number of nitrogens with two attached hydrogens (primary N) is 1. The van der Waals surface area contributed by atoms with E-state index in [1.54, 1.807) is 29.0 Å². The van der Waals surface area contributed by atoms with Crippen molar-refractivity contribution in [2.24, 2.45) is 11.7 Å². The van der Waals surface area contributed by atoms with Gasteiger partial charge in [0.2, 0.25) is 0 Å². The number of halogens is 1. The predicted molar refractivity (Wildman–Crippen MR) is 143 cm³/mol. The number of nitrogens with zero attached hydrogens (tertiary/aromatic N) is 4. The fraction of sp³-hybridized carbons (Fsp3) is 0.310. The van der Waals surface area contributed by atoms with E-state index in [2.05, 4.69) is 4.98 Å². The van der Waals surface area contributed by atoms with E-state index in [-0.39, 0.29) is 37.0 Å². The molecule has 0 radical (unpaired) electrons. The van der Waals surface area contributed by atoms with Gasteiger partial charge >= 0.3 is 0 Å². The van der Waals surface area contributed by atoms with E-state index in [0.717, 1.165) is 11.1 Å². The zero-order chi connectivity index (χ0) is 26.5. The summed E-state index contributed by atoms with van der Waals surface area (Å²) in [7, 11) is 0. The van der Waals surface area contributed by atoms with Gasteiger partial charge in [-0.05, 0) is 36.6 Å². The molecule has 0 unspecified atom stereocenters. The molecule has 192 valence electrons. The molecule has 1 amide bonds. The van der Waals surface area contributed by atoms with Crippen LogP contribution in [0.4, 0.5) is 4.39 Å². The first-order valence-corrected chi connectivity index (χ1v) is 12.4. The maximum atomic E-state index is 14.8. The second-order valence-electron chi connectivity index (χ2n) is 9.59. The van der Waals surface area contributed by atoms with Gasteiger partial charge in [-0.25, -0.2) is 9.37 Å². The van der Waals surface area contributed by atoms with Gasteiger partial charge in [-0.1, -0.05) is 61.9 Å². The van der Waals surface area contributed by atoms with Crippen molar-refractivity contribution in [3.8, 4) is 0 Å². The van der Waals surface area contributed by atoms with Crippen LogP contribution in [0, 0.1) is 12.8 Å². The number of aromatic nitrogens is 3. The Balaban J connectivity index is 1.92. The number of benzene rings is 2. The lowest BCUT2D eigenvalue weighted by molar-refractivity contribution is 0.0534. The summed E-state index contributed by atoms with van der Waals surface area (Å²) in [6.45, 7) is 5.60. The number of hydrogen-bond acceptors (Lipinski definition) is 5. The summed E-state index contributed by atoms with van der Waals surface area (Å²) in [6.07, 6.45) is 1.65. The molecule has 2 aromatic heterocycles. The Morgan fingerprint density at radius 1 is 1.08 bits per heavy atom. The highest BCUT2D eigenvalue weighted by Crippen LogP contribution is 2.30. The SMILES string of the molecule is Cc1ccc(C(=O)N(C[C@@H](F)CN)[C@@H](c2nc3cnccc3c(=O)n2Cc2ccccc2)C(C)C)cc1. The van der Waals surface area contributed by atoms with Crippen molar-refractivity contribution in [2.75, 3.05) is 13.1 Å². The lowest BCUT2D eigenvalue weighted by Crippen LogP contribution is -2.45. The van der Waals surface area contributed by atoms with Crippen LogP contribution in [0.2, 0.25) is 0 Å². The van der Waals surface area contributed by atoms with Crippen molar-refractivity contribution in [1.82, 2.24) is 19.4 Å². The normalized spacial score (nSPS) is 13.0. The van der Waals surface area contributed by atoms with Gasteiger partial charge in [0.05, 0.1) is 36.2 Å². The number of fused-ring (bicyclic) bond motifs is 1. The van der Waals surface area contributed by atoms with Crippen LogP contribution >= 0.6 is 0 Å². The molecule has 8 heteroatoms. The molecule has 2 atom stereocenters. The number of hydrogen-bond donors (Lipinski definition) is 1. The van der Waals surface area contributed by atoms with Gasteiger partial charge in [0.15, 0.2) is 0 Å². The van der Waals surface area contributed by atoms with Crippen LogP contribution in [0.5, 0.6) is 0 Å². The predicted octanol–water partition coefficient (Wildman–Crippen LogP) is 4.28. The number of carbonyl (C=O) groups excluding carboxylic acids is 1. The van der Waals surface area contributed by atoms with Crippen LogP contribution in [0.15, 0.2) is 77.9 Å². The van der Waals surface area contributed by atoms with Crippen LogP contribution in [-0.4, -0.2) is 44.6 Å². The molecule has 2 aromatic carbocycles. The lowest BCUT2D eigenvalue weighted by Gasteiger charge is -2.36. The van der Waals surface area contributed by atoms with E-state index >= 15 is 0 Å². The molecule has 7 nitrogen and oxygen atoms in total. The van der Waals surface area contributed by atoms with Crippen molar-refractivity contribution in [3.63, 3.8) is 0 Å². The lowest BCUT2D eigenvalue weighted by atomic mass is 9.98. The second kappa shape index (κ2) is 11.4. The highest BCUT2D eigenvalue weighted by atomic mass is 19.1. The third-order valence-electron chi connectivity index (χ3n) is 6.41. The number of aryl methyl sites for hydroxylation is 1. The van der Waals surface area contributed by atoms with E-state index in [1.165, 1.54) is 11.1 Å². The molecule has 0 saturated heterocycles. The standard InChI is InChI=1S/C29H32FN5O2/c1-19(2)26(34(18-23(30)15-31)28(36)22-11-9-20(3)10-12-22)27-33-25-16-32-14-13-24(25)29(37)35(27)17-21-7-5-4-6-8-21/h4-14,16,19,23,26H,15,17-18,31H2,1-3H3/t23-,26+/m0/s1. The third-order valence-corrected chi connectivity index (χ3v) is 6.41. The van der Waals surface area contributed by atoms with Crippen molar-refractivity contribution in [3.05, 3.63) is 106 Å². The smallest absolute Gasteiger partial charge is 0.261 e. The number of alkyl halides is 1. The van der Waals surface area contributed by atoms with Gasteiger partial charge in [0.25, 0.3) is 11.5 Å². The fourth-order valence-corrected chi connectivity index (χ4v) is 4.50. The first kappa shape index (κ1) is 26.2. The Labute approximate surface area is 215 Å². The highest BCUT2D eigenvalue weighted by Gasteiger charge is 2.34. The molecular weight excluding hydrogens is 469 g/mol. The van der Waals surface area contributed by atoms with Crippen molar-refractivity contribution < 1.29 is 9.18 Å². The van der Waals surface area contributed by atoms with Crippen LogP contribution in [0.1, 0.15) is 47.2 Å². The summed E-state index contributed by atoms with van der Waals surface area (Å²) in [6, 6.07) is 17.7. The summed E-state index contributed by atoms with van der Waals surface area (Å²) >= 11 is 0. The van der Waals surface area contributed by atoms with Gasteiger partial charge in [-0.3, -0.25) is 19.1 Å². The molecule has 2 heterocycles. The Kier molecular flexibility index (Phi) is 8.08. The molecule has 0 bridgehead atoms. The summed E-state index contributed by atoms with van der Waals surface area (Å²) in [5, 5.41) is 0.430. The Morgan fingerprint density at radius 3 is 2.43 bits per heavy atom. The minimum absolute atomic E-state index is 0.192. The number of carbonyl (C=O) groups is 1. The van der Waals surface area contributed by atoms with Gasteiger partial charge in [0.1, 0.15) is 12.0 Å². The van der Waals surface area contributed by atoms with Crippen LogP contribution in [0.25, 0.3) is 10.9 Å². The molecule has 0 saturated carbocycles. The molecule has 0 aliphatic heterocycles. The topological polar surface area (TPSA) is 94.1 Å². The van der Waals surface area contributed by atoms with Gasteiger partial charge in [-0.15, -0.1) is 0 Å². The van der Waals surface area contributed by atoms with Crippen LogP contribution in [0.3, 0.4) is 0 Å². The quantitative estimate of drug-likeness (QED) is 0.369. The van der Waals surface area contributed by atoms with Crippen molar-refractivity contribution in [1.29, 1.82) is 0 Å². The van der Waals surface area contributed by atoms with E-state index in [0.29, 0.717) is 22.3 Å². The van der Waals surface area contributed by atoms with Crippen LogP contribution < -0.4 is 11.3 Å². The summed E-state index contributed by atoms with van der Waals surface area (Å²) in [4.78, 5) is 38.1. The van der Waals surface area contributed by atoms with E-state index in [1.807, 2.05) is 63.2 Å². The van der Waals surface area contributed by atoms with E-state index < -0.39 is 12.2 Å². The molecule has 0 fully saturated rings. The zero-order valence-corrected chi connectivity index (χ0v) is 21.3. The largest absolute Gasteiger partial charge is 0.328 e. The Bertz CT molecular complexity index is 1420. The first-order valence-electron chi connectivity index (χ1n) is 12.4. The van der Waals surface area contributed by atoms with Gasteiger partial charge in [0, 0.05) is 18.3 Å². The average molecular weight is 502 g/mol. The van der Waals surface area contributed by atoms with E-state index in [4.69, 9.17) is 10.7 Å². The van der Waals surface area contributed by atoms with Gasteiger partial charge in [-0.2, -0.15) is 0 Å².